The molecule has 2 heterocycles. The van der Waals surface area contributed by atoms with Crippen LogP contribution in [0.3, 0.4) is 0 Å². The second-order valence-electron chi connectivity index (χ2n) is 8.03. The van der Waals surface area contributed by atoms with Gasteiger partial charge < -0.3 is 14.8 Å². The molecule has 0 radical (unpaired) electrons. The number of halogens is 2. The highest BCUT2D eigenvalue weighted by Gasteiger charge is 2.33. The standard InChI is InChI=1S/C22H20BClFN5O4.C2H6/c1-12-3-4-14(19(25)18(12)24)29-22-17-15(27-11-28-22)9-16(33-2)21(20(17)30(31)32)34-13-5-7-23(10-26)8-6-13;1-2/h3-4,9,11,13H,5-8H2,1-2H3,(H,27,28,29);1-2H3. The van der Waals surface area contributed by atoms with E-state index in [9.17, 15) is 14.5 Å². The first-order valence-corrected chi connectivity index (χ1v) is 12.0. The van der Waals surface area contributed by atoms with E-state index in [-0.39, 0.29) is 51.7 Å². The van der Waals surface area contributed by atoms with Crippen molar-refractivity contribution >= 4 is 46.4 Å². The monoisotopic (exact) mass is 513 g/mol. The van der Waals surface area contributed by atoms with Crippen molar-refractivity contribution in [3.63, 3.8) is 0 Å². The van der Waals surface area contributed by atoms with Crippen molar-refractivity contribution in [2.45, 2.75) is 52.4 Å². The van der Waals surface area contributed by atoms with Crippen molar-refractivity contribution in [3.05, 3.63) is 51.0 Å². The van der Waals surface area contributed by atoms with Gasteiger partial charge in [0, 0.05) is 12.0 Å². The number of nitriles is 1. The van der Waals surface area contributed by atoms with Crippen molar-refractivity contribution in [2.75, 3.05) is 12.4 Å². The van der Waals surface area contributed by atoms with Crippen LogP contribution in [-0.2, 0) is 0 Å². The summed E-state index contributed by atoms with van der Waals surface area (Å²) in [6.07, 6.45) is 3.36. The molecule has 0 spiro atoms. The largest absolute Gasteiger partial charge is 0.493 e. The van der Waals surface area contributed by atoms with Crippen molar-refractivity contribution in [3.8, 4) is 17.5 Å². The third kappa shape index (κ3) is 5.44. The molecule has 1 aliphatic heterocycles. The van der Waals surface area contributed by atoms with E-state index < -0.39 is 16.4 Å². The van der Waals surface area contributed by atoms with Gasteiger partial charge in [0.25, 0.3) is 6.71 Å². The van der Waals surface area contributed by atoms with E-state index in [4.69, 9.17) is 26.3 Å². The molecule has 1 aromatic heterocycles. The Morgan fingerprint density at radius 3 is 2.61 bits per heavy atom. The maximum Gasteiger partial charge on any atom is 0.327 e. The summed E-state index contributed by atoms with van der Waals surface area (Å²) in [7, 11) is 1.38. The zero-order valence-corrected chi connectivity index (χ0v) is 21.2. The molecule has 0 unspecified atom stereocenters. The van der Waals surface area contributed by atoms with Gasteiger partial charge in [0.1, 0.15) is 17.5 Å². The Hall–Kier alpha value is -3.65. The normalized spacial score (nSPS) is 13.4. The Morgan fingerprint density at radius 1 is 1.31 bits per heavy atom. The van der Waals surface area contributed by atoms with Crippen LogP contribution in [0.1, 0.15) is 32.3 Å². The molecule has 0 saturated carbocycles. The molecule has 2 aromatic carbocycles. The molecular formula is C24H26BClFN5O4. The summed E-state index contributed by atoms with van der Waals surface area (Å²) in [5.74, 6) is 1.67. The van der Waals surface area contributed by atoms with Gasteiger partial charge in [-0.05, 0) is 31.4 Å². The molecule has 0 atom stereocenters. The molecule has 9 nitrogen and oxygen atoms in total. The number of aryl methyl sites for hydroxylation is 1. The predicted octanol–water partition coefficient (Wildman–Crippen LogP) is 6.52. The number of aromatic nitrogens is 2. The van der Waals surface area contributed by atoms with Crippen LogP contribution in [0.15, 0.2) is 24.5 Å². The van der Waals surface area contributed by atoms with Gasteiger partial charge >= 0.3 is 5.69 Å². The first-order chi connectivity index (χ1) is 17.3. The summed E-state index contributed by atoms with van der Waals surface area (Å²) >= 11 is 6.03. The Balaban J connectivity index is 0.00000176. The second kappa shape index (κ2) is 11.9. The van der Waals surface area contributed by atoms with Crippen molar-refractivity contribution in [2.24, 2.45) is 0 Å². The number of nitro groups is 1. The van der Waals surface area contributed by atoms with E-state index in [2.05, 4.69) is 21.3 Å². The Kier molecular flexibility index (Phi) is 8.88. The lowest BCUT2D eigenvalue weighted by molar-refractivity contribution is -0.384. The van der Waals surface area contributed by atoms with Gasteiger partial charge in [-0.1, -0.05) is 44.2 Å². The third-order valence-corrected chi connectivity index (χ3v) is 6.36. The van der Waals surface area contributed by atoms with E-state index in [1.165, 1.54) is 25.6 Å². The van der Waals surface area contributed by atoms with Crippen LogP contribution in [0.25, 0.3) is 10.9 Å². The number of nitro benzene ring substituents is 1. The Bertz CT molecular complexity index is 1310. The number of nitrogens with zero attached hydrogens (tertiary/aromatic N) is 4. The lowest BCUT2D eigenvalue weighted by Gasteiger charge is -2.25. The SMILES string of the molecule is CC.COc1cc2ncnc(Nc3ccc(C)c(Cl)c3F)c2c([N+](=O)[O-])c1OC1CCB(C#N)CC1. The number of fused-ring (bicyclic) bond motifs is 1. The maximum atomic E-state index is 14.7. The number of ether oxygens (including phenoxy) is 2. The summed E-state index contributed by atoms with van der Waals surface area (Å²) in [6.45, 7) is 5.62. The molecule has 1 N–H and O–H groups in total. The minimum Gasteiger partial charge on any atom is -0.493 e. The summed E-state index contributed by atoms with van der Waals surface area (Å²) in [5.41, 5.74) is 0.395. The highest BCUT2D eigenvalue weighted by atomic mass is 35.5. The number of anilines is 2. The van der Waals surface area contributed by atoms with Gasteiger partial charge in [-0.25, -0.2) is 19.6 Å². The number of benzene rings is 2. The van der Waals surface area contributed by atoms with Gasteiger partial charge in [0.15, 0.2) is 11.6 Å². The van der Waals surface area contributed by atoms with Gasteiger partial charge in [0.2, 0.25) is 5.75 Å². The highest BCUT2D eigenvalue weighted by Crippen LogP contribution is 2.46. The molecular weight excluding hydrogens is 488 g/mol. The average Bonchev–Trinajstić information content (AvgIpc) is 2.90. The zero-order valence-electron chi connectivity index (χ0n) is 20.5. The van der Waals surface area contributed by atoms with E-state index in [0.717, 1.165) is 0 Å². The first kappa shape index (κ1) is 27.0. The van der Waals surface area contributed by atoms with Crippen LogP contribution in [0.2, 0.25) is 17.7 Å². The third-order valence-electron chi connectivity index (χ3n) is 5.89. The van der Waals surface area contributed by atoms with Crippen molar-refractivity contribution in [1.29, 1.82) is 5.26 Å². The maximum absolute atomic E-state index is 14.7. The van der Waals surface area contributed by atoms with E-state index in [1.54, 1.807) is 13.0 Å². The van der Waals surface area contributed by atoms with Gasteiger partial charge in [-0.3, -0.25) is 10.1 Å². The Labute approximate surface area is 213 Å². The molecule has 1 saturated heterocycles. The number of nitrogens with one attached hydrogen (secondary N) is 1. The molecule has 0 bridgehead atoms. The van der Waals surface area contributed by atoms with Gasteiger partial charge in [0.05, 0.1) is 34.4 Å². The number of rotatable bonds is 6. The van der Waals surface area contributed by atoms with Crippen molar-refractivity contribution < 1.29 is 18.8 Å². The topological polar surface area (TPSA) is 123 Å². The molecule has 12 heteroatoms. The highest BCUT2D eigenvalue weighted by molar-refractivity contribution is 6.67. The molecule has 1 aliphatic rings. The summed E-state index contributed by atoms with van der Waals surface area (Å²) in [6, 6.07) is 4.62. The molecule has 188 valence electrons. The lowest BCUT2D eigenvalue weighted by Crippen LogP contribution is -2.27. The number of hydrogen-bond donors (Lipinski definition) is 1. The van der Waals surface area contributed by atoms with Crippen LogP contribution in [0.5, 0.6) is 11.5 Å². The smallest absolute Gasteiger partial charge is 0.327 e. The van der Waals surface area contributed by atoms with Crippen LogP contribution in [-0.4, -0.2) is 34.8 Å². The van der Waals surface area contributed by atoms with Crippen molar-refractivity contribution in [1.82, 2.24) is 9.97 Å². The predicted molar refractivity (Wildman–Crippen MR) is 138 cm³/mol. The number of hydrogen-bond acceptors (Lipinski definition) is 8. The molecule has 0 amide bonds. The van der Waals surface area contributed by atoms with Crippen LogP contribution in [0.4, 0.5) is 21.6 Å². The summed E-state index contributed by atoms with van der Waals surface area (Å²) in [4.78, 5) is 20.0. The fourth-order valence-corrected chi connectivity index (χ4v) is 4.21. The fraction of sp³-hybridized carbons (Fsp3) is 0.375. The van der Waals surface area contributed by atoms with Crippen LogP contribution >= 0.6 is 11.6 Å². The molecule has 3 aromatic rings. The van der Waals surface area contributed by atoms with Crippen LogP contribution in [0, 0.1) is 34.1 Å². The summed E-state index contributed by atoms with van der Waals surface area (Å²) in [5, 5.41) is 24.2. The fourth-order valence-electron chi connectivity index (χ4n) is 4.04. The molecule has 4 rings (SSSR count). The zero-order chi connectivity index (χ0) is 26.4. The van der Waals surface area contributed by atoms with E-state index >= 15 is 0 Å². The minimum absolute atomic E-state index is 0.0120. The second-order valence-corrected chi connectivity index (χ2v) is 8.41. The Morgan fingerprint density at radius 2 is 2.00 bits per heavy atom. The molecule has 0 aliphatic carbocycles. The first-order valence-electron chi connectivity index (χ1n) is 11.6. The van der Waals surface area contributed by atoms with E-state index in [1.807, 2.05) is 13.8 Å². The summed E-state index contributed by atoms with van der Waals surface area (Å²) < 4.78 is 26.2. The molecule has 36 heavy (non-hydrogen) atoms. The average molecular weight is 514 g/mol. The number of methoxy groups -OCH3 is 1. The van der Waals surface area contributed by atoms with Crippen LogP contribution < -0.4 is 14.8 Å². The minimum atomic E-state index is -0.699. The lowest BCUT2D eigenvalue weighted by atomic mass is 9.42. The van der Waals surface area contributed by atoms with Gasteiger partial charge in [-0.2, -0.15) is 0 Å². The quantitative estimate of drug-likeness (QED) is 0.224. The molecule has 1 fully saturated rings. The van der Waals surface area contributed by atoms with E-state index in [0.29, 0.717) is 31.0 Å². The van der Waals surface area contributed by atoms with Gasteiger partial charge in [-0.15, -0.1) is 0 Å².